The van der Waals surface area contributed by atoms with Crippen LogP contribution in [0.15, 0.2) is 42.5 Å². The van der Waals surface area contributed by atoms with Crippen LogP contribution in [-0.4, -0.2) is 15.6 Å². The van der Waals surface area contributed by atoms with E-state index in [0.29, 0.717) is 0 Å². The van der Waals surface area contributed by atoms with E-state index in [2.05, 4.69) is 23.7 Å². The topological polar surface area (TPSA) is 89.4 Å². The summed E-state index contributed by atoms with van der Waals surface area (Å²) in [5.41, 5.74) is 6.05. The maximum Gasteiger partial charge on any atom is 0.286 e. The van der Waals surface area contributed by atoms with Crippen LogP contribution < -0.4 is 5.73 Å². The molecule has 0 fully saturated rings. The Hall–Kier alpha value is -3.28. The largest absolute Gasteiger partial charge is 0.398 e. The first-order chi connectivity index (χ1) is 11.3. The van der Waals surface area contributed by atoms with E-state index >= 15 is 0 Å². The number of anilines is 1. The second-order valence-corrected chi connectivity index (χ2v) is 5.64. The molecule has 0 spiro atoms. The summed E-state index contributed by atoms with van der Waals surface area (Å²) in [6, 6.07) is 11.9. The predicted octanol–water partition coefficient (Wildman–Crippen LogP) is 2.70. The first-order valence-electron chi connectivity index (χ1n) is 7.17. The lowest BCUT2D eigenvalue weighted by Crippen LogP contribution is -2.14. The fraction of sp³-hybridized carbons (Fsp3) is 0.158. The van der Waals surface area contributed by atoms with Gasteiger partial charge in [0.2, 0.25) is 0 Å². The van der Waals surface area contributed by atoms with Crippen molar-refractivity contribution >= 4 is 11.4 Å². The van der Waals surface area contributed by atoms with Gasteiger partial charge in [0, 0.05) is 17.3 Å². The fourth-order valence-corrected chi connectivity index (χ4v) is 1.85. The molecule has 2 rings (SSSR count). The lowest BCUT2D eigenvalue weighted by Gasteiger charge is -2.07. The molecule has 0 amide bonds. The molecule has 24 heavy (non-hydrogen) atoms. The molecule has 0 heterocycles. The van der Waals surface area contributed by atoms with E-state index in [-0.39, 0.29) is 22.5 Å². The molecule has 0 aliphatic heterocycles. The van der Waals surface area contributed by atoms with Gasteiger partial charge in [-0.15, -0.1) is 0 Å². The summed E-state index contributed by atoms with van der Waals surface area (Å²) < 4.78 is 0. The van der Waals surface area contributed by atoms with Crippen LogP contribution in [0.25, 0.3) is 0 Å². The normalized spacial score (nSPS) is 10.1. The molecular formula is C19H16N2O3. The second kappa shape index (κ2) is 6.87. The molecular weight excluding hydrogens is 304 g/mol. The van der Waals surface area contributed by atoms with Gasteiger partial charge in [0.1, 0.15) is 11.2 Å². The Kier molecular flexibility index (Phi) is 4.89. The number of aliphatic hydroxyl groups is 1. The molecule has 5 nitrogen and oxygen atoms in total. The van der Waals surface area contributed by atoms with Gasteiger partial charge in [0.05, 0.1) is 10.5 Å². The Labute approximate surface area is 140 Å². The quantitative estimate of drug-likeness (QED) is 0.366. The highest BCUT2D eigenvalue weighted by atomic mass is 16.6. The van der Waals surface area contributed by atoms with Crippen LogP contribution in [0.4, 0.5) is 11.4 Å². The van der Waals surface area contributed by atoms with Crippen molar-refractivity contribution in [1.82, 2.24) is 0 Å². The number of hydrogen-bond acceptors (Lipinski definition) is 4. The van der Waals surface area contributed by atoms with Crippen LogP contribution in [0.3, 0.4) is 0 Å². The van der Waals surface area contributed by atoms with Crippen LogP contribution >= 0.6 is 0 Å². The summed E-state index contributed by atoms with van der Waals surface area (Å²) in [7, 11) is 0. The fourth-order valence-electron chi connectivity index (χ4n) is 1.85. The Balaban J connectivity index is 2.50. The van der Waals surface area contributed by atoms with Gasteiger partial charge in [-0.05, 0) is 32.0 Å². The van der Waals surface area contributed by atoms with Crippen LogP contribution in [0.1, 0.15) is 30.5 Å². The molecule has 0 radical (unpaired) electrons. The van der Waals surface area contributed by atoms with Crippen molar-refractivity contribution in [2.45, 2.75) is 19.4 Å². The highest BCUT2D eigenvalue weighted by Gasteiger charge is 2.16. The van der Waals surface area contributed by atoms with Crippen molar-refractivity contribution in [1.29, 1.82) is 0 Å². The number of nitrogen functional groups attached to an aromatic ring is 1. The monoisotopic (exact) mass is 320 g/mol. The smallest absolute Gasteiger partial charge is 0.286 e. The summed E-state index contributed by atoms with van der Waals surface area (Å²) in [6.07, 6.45) is 0. The molecule has 0 saturated heterocycles. The van der Waals surface area contributed by atoms with Crippen LogP contribution in [-0.2, 0) is 0 Å². The minimum Gasteiger partial charge on any atom is -0.398 e. The van der Waals surface area contributed by atoms with Gasteiger partial charge in [-0.25, -0.2) is 0 Å². The number of nitro groups is 1. The highest BCUT2D eigenvalue weighted by Crippen LogP contribution is 2.24. The Morgan fingerprint density at radius 2 is 1.75 bits per heavy atom. The van der Waals surface area contributed by atoms with Gasteiger partial charge in [0.25, 0.3) is 5.69 Å². The zero-order valence-corrected chi connectivity index (χ0v) is 13.3. The number of nitro benzene ring substituents is 1. The van der Waals surface area contributed by atoms with E-state index < -0.39 is 10.5 Å². The van der Waals surface area contributed by atoms with Crippen molar-refractivity contribution in [2.75, 3.05) is 5.73 Å². The molecule has 0 saturated carbocycles. The number of rotatable bonds is 1. The van der Waals surface area contributed by atoms with E-state index in [1.807, 2.05) is 30.3 Å². The van der Waals surface area contributed by atoms with Gasteiger partial charge < -0.3 is 10.8 Å². The molecule has 0 unspecified atom stereocenters. The molecule has 0 aliphatic rings. The predicted molar refractivity (Wildman–Crippen MR) is 93.1 cm³/mol. The molecule has 120 valence electrons. The Morgan fingerprint density at radius 3 is 2.33 bits per heavy atom. The van der Waals surface area contributed by atoms with Crippen molar-refractivity contribution in [2.24, 2.45) is 0 Å². The zero-order chi connectivity index (χ0) is 17.7. The molecule has 0 atom stereocenters. The number of nitrogens with two attached hydrogens (primary N) is 1. The number of nitrogens with zero attached hydrogens (tertiary/aromatic N) is 1. The Morgan fingerprint density at radius 1 is 1.08 bits per heavy atom. The molecule has 2 aromatic rings. The average molecular weight is 320 g/mol. The van der Waals surface area contributed by atoms with E-state index in [0.717, 1.165) is 5.56 Å². The summed E-state index contributed by atoms with van der Waals surface area (Å²) in [6.45, 7) is 3.04. The van der Waals surface area contributed by atoms with Gasteiger partial charge in [-0.1, -0.05) is 41.9 Å². The Bertz CT molecular complexity index is 890. The summed E-state index contributed by atoms with van der Waals surface area (Å²) >= 11 is 0. The van der Waals surface area contributed by atoms with Gasteiger partial charge >= 0.3 is 0 Å². The molecule has 0 aromatic heterocycles. The third-order valence-electron chi connectivity index (χ3n) is 2.98. The van der Waals surface area contributed by atoms with Gasteiger partial charge in [0.15, 0.2) is 0 Å². The lowest BCUT2D eigenvalue weighted by atomic mass is 10.0. The third-order valence-corrected chi connectivity index (χ3v) is 2.98. The van der Waals surface area contributed by atoms with Crippen molar-refractivity contribution < 1.29 is 10.0 Å². The maximum absolute atomic E-state index is 11.3. The van der Waals surface area contributed by atoms with E-state index in [1.54, 1.807) is 0 Å². The maximum atomic E-state index is 11.3. The summed E-state index contributed by atoms with van der Waals surface area (Å²) in [5.74, 6) is 10.9. The van der Waals surface area contributed by atoms with E-state index in [1.165, 1.54) is 26.0 Å². The SMILES string of the molecule is CC(C)(O)C#Cc1cc([N+](=O)[O-])c(C#Cc2ccccc2)cc1N. The first kappa shape index (κ1) is 17.1. The second-order valence-electron chi connectivity index (χ2n) is 5.64. The zero-order valence-electron chi connectivity index (χ0n) is 13.3. The minimum absolute atomic E-state index is 0.173. The standard InChI is InChI=1S/C19H16N2O3/c1-19(2,22)11-10-15-13-18(21(23)24)16(12-17(15)20)9-8-14-6-4-3-5-7-14/h3-7,12-13,22H,20H2,1-2H3. The number of hydrogen-bond donors (Lipinski definition) is 2. The van der Waals surface area contributed by atoms with Gasteiger partial charge in [-0.2, -0.15) is 0 Å². The average Bonchev–Trinajstić information content (AvgIpc) is 2.51. The minimum atomic E-state index is -1.22. The van der Waals surface area contributed by atoms with Crippen molar-refractivity contribution in [3.8, 4) is 23.7 Å². The van der Waals surface area contributed by atoms with Gasteiger partial charge in [-0.3, -0.25) is 10.1 Å². The van der Waals surface area contributed by atoms with E-state index in [9.17, 15) is 15.2 Å². The first-order valence-corrected chi connectivity index (χ1v) is 7.17. The third kappa shape index (κ3) is 4.61. The molecule has 5 heteroatoms. The van der Waals surface area contributed by atoms with Crippen LogP contribution in [0.5, 0.6) is 0 Å². The van der Waals surface area contributed by atoms with Crippen molar-refractivity contribution in [3.05, 3.63) is 69.3 Å². The molecule has 0 bridgehead atoms. The number of benzene rings is 2. The van der Waals surface area contributed by atoms with Crippen LogP contribution in [0.2, 0.25) is 0 Å². The van der Waals surface area contributed by atoms with E-state index in [4.69, 9.17) is 5.73 Å². The summed E-state index contributed by atoms with van der Waals surface area (Å²) in [5, 5.41) is 20.9. The lowest BCUT2D eigenvalue weighted by molar-refractivity contribution is -0.385. The van der Waals surface area contributed by atoms with Crippen molar-refractivity contribution in [3.63, 3.8) is 0 Å². The molecule has 0 aliphatic carbocycles. The molecule has 2 aromatic carbocycles. The highest BCUT2D eigenvalue weighted by molar-refractivity contribution is 5.67. The molecule has 3 N–H and O–H groups in total. The summed E-state index contributed by atoms with van der Waals surface area (Å²) in [4.78, 5) is 10.8. The van der Waals surface area contributed by atoms with Crippen LogP contribution in [0, 0.1) is 33.8 Å².